The molecule has 5 aliphatic carbocycles. The maximum atomic E-state index is 3.91. The van der Waals surface area contributed by atoms with Crippen LogP contribution in [0, 0.1) is 29.1 Å². The standard InChI is InChI=1S/C12H16Br2/c13-12(14)6-11(12)9-2-7-1-8(4-9)5-10(11)3-7/h7-10H,1-6H2. The molecule has 2 heteroatoms. The Morgan fingerprint density at radius 2 is 1.21 bits per heavy atom. The molecule has 0 saturated heterocycles. The fourth-order valence-corrected chi connectivity index (χ4v) is 7.46. The summed E-state index contributed by atoms with van der Waals surface area (Å²) in [6, 6.07) is 0. The quantitative estimate of drug-likeness (QED) is 0.583. The number of hydrogen-bond donors (Lipinski definition) is 0. The summed E-state index contributed by atoms with van der Waals surface area (Å²) in [5, 5.41) is 0. The molecule has 78 valence electrons. The largest absolute Gasteiger partial charge is 0.0873 e. The molecule has 5 aliphatic rings. The molecule has 0 N–H and O–H groups in total. The van der Waals surface area contributed by atoms with E-state index in [0.717, 1.165) is 23.7 Å². The number of hydrogen-bond acceptors (Lipinski definition) is 0. The smallest absolute Gasteiger partial charge is 0.0721 e. The molecular weight excluding hydrogens is 304 g/mol. The van der Waals surface area contributed by atoms with Crippen molar-refractivity contribution in [3.8, 4) is 0 Å². The van der Waals surface area contributed by atoms with Crippen molar-refractivity contribution >= 4 is 31.9 Å². The predicted molar refractivity (Wildman–Crippen MR) is 64.7 cm³/mol. The van der Waals surface area contributed by atoms with E-state index in [4.69, 9.17) is 0 Å². The lowest BCUT2D eigenvalue weighted by atomic mass is 9.50. The van der Waals surface area contributed by atoms with E-state index in [9.17, 15) is 0 Å². The second kappa shape index (κ2) is 2.45. The van der Waals surface area contributed by atoms with Crippen molar-refractivity contribution in [1.82, 2.24) is 0 Å². The van der Waals surface area contributed by atoms with Crippen molar-refractivity contribution in [2.24, 2.45) is 29.1 Å². The van der Waals surface area contributed by atoms with E-state index in [-0.39, 0.29) is 0 Å². The summed E-state index contributed by atoms with van der Waals surface area (Å²) in [7, 11) is 0. The highest BCUT2D eigenvalue weighted by Gasteiger charge is 2.75. The van der Waals surface area contributed by atoms with Gasteiger partial charge in [-0.25, -0.2) is 0 Å². The second-order valence-corrected chi connectivity index (χ2v) is 10.00. The first-order valence-electron chi connectivity index (χ1n) is 5.99. The van der Waals surface area contributed by atoms with Crippen molar-refractivity contribution in [3.63, 3.8) is 0 Å². The summed E-state index contributed by atoms with van der Waals surface area (Å²) in [5.41, 5.74) is 0.681. The Labute approximate surface area is 102 Å². The highest BCUT2D eigenvalue weighted by molar-refractivity contribution is 9.25. The molecule has 5 fully saturated rings. The van der Waals surface area contributed by atoms with E-state index < -0.39 is 0 Å². The molecule has 0 radical (unpaired) electrons. The van der Waals surface area contributed by atoms with E-state index >= 15 is 0 Å². The third-order valence-corrected chi connectivity index (χ3v) is 7.70. The van der Waals surface area contributed by atoms with E-state index in [1.165, 1.54) is 6.42 Å². The highest BCUT2D eigenvalue weighted by atomic mass is 79.9. The van der Waals surface area contributed by atoms with E-state index in [1.807, 2.05) is 0 Å². The number of alkyl halides is 2. The fourth-order valence-electron chi connectivity index (χ4n) is 5.23. The lowest BCUT2D eigenvalue weighted by molar-refractivity contribution is -0.0517. The first-order valence-corrected chi connectivity index (χ1v) is 7.58. The molecule has 0 heterocycles. The maximum absolute atomic E-state index is 3.91. The highest BCUT2D eigenvalue weighted by Crippen LogP contribution is 2.81. The average molecular weight is 320 g/mol. The second-order valence-electron chi connectivity index (χ2n) is 6.23. The van der Waals surface area contributed by atoms with Crippen LogP contribution in [-0.4, -0.2) is 3.23 Å². The topological polar surface area (TPSA) is 0 Å². The molecule has 0 aromatic rings. The zero-order chi connectivity index (χ0) is 9.55. The van der Waals surface area contributed by atoms with Crippen LogP contribution in [0.1, 0.15) is 38.5 Å². The molecule has 0 aliphatic heterocycles. The van der Waals surface area contributed by atoms with Crippen molar-refractivity contribution in [2.45, 2.75) is 41.8 Å². The Morgan fingerprint density at radius 1 is 0.786 bits per heavy atom. The third kappa shape index (κ3) is 0.878. The summed E-state index contributed by atoms with van der Waals surface area (Å²) in [6.07, 6.45) is 9.16. The van der Waals surface area contributed by atoms with E-state index in [2.05, 4.69) is 31.9 Å². The van der Waals surface area contributed by atoms with Crippen LogP contribution in [0.4, 0.5) is 0 Å². The molecule has 0 aromatic carbocycles. The third-order valence-electron chi connectivity index (χ3n) is 5.67. The van der Waals surface area contributed by atoms with Crippen LogP contribution in [0.15, 0.2) is 0 Å². The first kappa shape index (κ1) is 9.04. The van der Waals surface area contributed by atoms with Crippen LogP contribution in [0.5, 0.6) is 0 Å². The minimum Gasteiger partial charge on any atom is -0.0721 e. The molecule has 5 saturated carbocycles. The fraction of sp³-hybridized carbons (Fsp3) is 1.00. The van der Waals surface area contributed by atoms with E-state index in [0.29, 0.717) is 8.65 Å². The van der Waals surface area contributed by atoms with Crippen LogP contribution in [0.25, 0.3) is 0 Å². The van der Waals surface area contributed by atoms with Gasteiger partial charge in [0.15, 0.2) is 0 Å². The maximum Gasteiger partial charge on any atom is 0.0873 e. The number of halogens is 2. The molecule has 5 rings (SSSR count). The van der Waals surface area contributed by atoms with Crippen molar-refractivity contribution in [3.05, 3.63) is 0 Å². The monoisotopic (exact) mass is 318 g/mol. The van der Waals surface area contributed by atoms with Crippen LogP contribution in [-0.2, 0) is 0 Å². The van der Waals surface area contributed by atoms with Gasteiger partial charge in [-0.1, -0.05) is 31.9 Å². The first-order chi connectivity index (χ1) is 6.62. The van der Waals surface area contributed by atoms with Crippen LogP contribution < -0.4 is 0 Å². The van der Waals surface area contributed by atoms with Crippen LogP contribution >= 0.6 is 31.9 Å². The molecule has 4 bridgehead atoms. The van der Waals surface area contributed by atoms with Gasteiger partial charge < -0.3 is 0 Å². The normalized spacial score (nSPS) is 62.1. The summed E-state index contributed by atoms with van der Waals surface area (Å²) < 4.78 is 0.343. The molecule has 0 unspecified atom stereocenters. The molecule has 14 heavy (non-hydrogen) atoms. The minimum atomic E-state index is 0.343. The van der Waals surface area contributed by atoms with Crippen LogP contribution in [0.3, 0.4) is 0 Å². The SMILES string of the molecule is BrC1(Br)CC12C1CC3CC(C1)CC2C3. The Hall–Kier alpha value is 0.960. The van der Waals surface area contributed by atoms with Crippen LogP contribution in [0.2, 0.25) is 0 Å². The van der Waals surface area contributed by atoms with Gasteiger partial charge in [0.05, 0.1) is 3.23 Å². The van der Waals surface area contributed by atoms with Gasteiger partial charge in [-0.05, 0) is 62.2 Å². The molecule has 0 amide bonds. The van der Waals surface area contributed by atoms with Crippen molar-refractivity contribution < 1.29 is 0 Å². The Bertz CT molecular complexity index is 267. The minimum absolute atomic E-state index is 0.343. The molecule has 1 spiro atoms. The Balaban J connectivity index is 1.76. The zero-order valence-corrected chi connectivity index (χ0v) is 11.5. The lowest BCUT2D eigenvalue weighted by Crippen LogP contribution is -2.48. The van der Waals surface area contributed by atoms with Gasteiger partial charge in [-0.3, -0.25) is 0 Å². The van der Waals surface area contributed by atoms with Gasteiger partial charge >= 0.3 is 0 Å². The molecular formula is C12H16Br2. The van der Waals surface area contributed by atoms with Gasteiger partial charge in [-0.2, -0.15) is 0 Å². The molecule has 0 atom stereocenters. The van der Waals surface area contributed by atoms with Gasteiger partial charge in [-0.15, -0.1) is 0 Å². The zero-order valence-electron chi connectivity index (χ0n) is 8.31. The van der Waals surface area contributed by atoms with Crippen molar-refractivity contribution in [1.29, 1.82) is 0 Å². The Morgan fingerprint density at radius 3 is 1.57 bits per heavy atom. The Kier molecular flexibility index (Phi) is 1.58. The van der Waals surface area contributed by atoms with Gasteiger partial charge in [0.1, 0.15) is 0 Å². The predicted octanol–water partition coefficient (Wildman–Crippen LogP) is 4.32. The molecule has 0 nitrogen and oxygen atoms in total. The summed E-state index contributed by atoms with van der Waals surface area (Å²) in [5.74, 6) is 4.33. The van der Waals surface area contributed by atoms with E-state index in [1.54, 1.807) is 32.1 Å². The number of rotatable bonds is 0. The van der Waals surface area contributed by atoms with Gasteiger partial charge in [0.25, 0.3) is 0 Å². The van der Waals surface area contributed by atoms with Gasteiger partial charge in [0, 0.05) is 5.41 Å². The summed E-state index contributed by atoms with van der Waals surface area (Å²) in [6.45, 7) is 0. The summed E-state index contributed by atoms with van der Waals surface area (Å²) >= 11 is 7.82. The van der Waals surface area contributed by atoms with Crippen molar-refractivity contribution in [2.75, 3.05) is 0 Å². The average Bonchev–Trinajstić information content (AvgIpc) is 2.65. The van der Waals surface area contributed by atoms with Gasteiger partial charge in [0.2, 0.25) is 0 Å². The summed E-state index contributed by atoms with van der Waals surface area (Å²) in [4.78, 5) is 0. The molecule has 0 aromatic heterocycles. The lowest BCUT2D eigenvalue weighted by Gasteiger charge is -2.56.